The molecule has 0 aromatic rings. The lowest BCUT2D eigenvalue weighted by atomic mass is 9.82. The Morgan fingerprint density at radius 1 is 1.33 bits per heavy atom. The van der Waals surface area contributed by atoms with Crippen LogP contribution < -0.4 is 10.6 Å². The van der Waals surface area contributed by atoms with Crippen molar-refractivity contribution in [2.45, 2.75) is 70.4 Å². The predicted molar refractivity (Wildman–Crippen MR) is 78.6 cm³/mol. The molecule has 0 aromatic heterocycles. The third-order valence-corrected chi connectivity index (χ3v) is 4.38. The first-order valence-electron chi connectivity index (χ1n) is 7.92. The van der Waals surface area contributed by atoms with Crippen LogP contribution in [-0.4, -0.2) is 40.9 Å². The molecule has 0 radical (unpaired) electrons. The molecule has 1 atom stereocenters. The second-order valence-corrected chi connectivity index (χ2v) is 6.22. The van der Waals surface area contributed by atoms with Crippen LogP contribution in [0.3, 0.4) is 0 Å². The number of rotatable bonds is 5. The summed E-state index contributed by atoms with van der Waals surface area (Å²) in [5.41, 5.74) is -0.745. The van der Waals surface area contributed by atoms with Crippen LogP contribution in [0, 0.1) is 0 Å². The van der Waals surface area contributed by atoms with E-state index >= 15 is 0 Å². The van der Waals surface area contributed by atoms with Crippen LogP contribution in [-0.2, 0) is 9.59 Å². The van der Waals surface area contributed by atoms with E-state index < -0.39 is 11.6 Å². The number of nitrogens with zero attached hydrogens (tertiary/aromatic N) is 1. The molecule has 1 spiro atoms. The smallest absolute Gasteiger partial charge is 0.325 e. The van der Waals surface area contributed by atoms with Crippen molar-refractivity contribution in [1.82, 2.24) is 15.5 Å². The van der Waals surface area contributed by atoms with E-state index in [9.17, 15) is 14.4 Å². The molecule has 1 aliphatic carbocycles. The Kier molecular flexibility index (Phi) is 4.85. The molecule has 1 aliphatic heterocycles. The van der Waals surface area contributed by atoms with Gasteiger partial charge in [0.2, 0.25) is 5.91 Å². The fourth-order valence-corrected chi connectivity index (χ4v) is 3.28. The normalized spacial score (nSPS) is 22.3. The van der Waals surface area contributed by atoms with E-state index in [1.165, 1.54) is 0 Å². The molecule has 0 bridgehead atoms. The van der Waals surface area contributed by atoms with Crippen molar-refractivity contribution < 1.29 is 14.4 Å². The topological polar surface area (TPSA) is 78.5 Å². The van der Waals surface area contributed by atoms with Crippen molar-refractivity contribution in [1.29, 1.82) is 0 Å². The molecule has 2 fully saturated rings. The third kappa shape index (κ3) is 3.36. The first-order chi connectivity index (χ1) is 9.98. The third-order valence-electron chi connectivity index (χ3n) is 4.38. The first kappa shape index (κ1) is 15.8. The van der Waals surface area contributed by atoms with Crippen LogP contribution in [0.15, 0.2) is 0 Å². The van der Waals surface area contributed by atoms with Crippen molar-refractivity contribution in [2.24, 2.45) is 0 Å². The van der Waals surface area contributed by atoms with Gasteiger partial charge in [-0.2, -0.15) is 0 Å². The summed E-state index contributed by atoms with van der Waals surface area (Å²) < 4.78 is 0. The molecule has 0 aromatic carbocycles. The molecule has 1 unspecified atom stereocenters. The van der Waals surface area contributed by atoms with E-state index in [0.29, 0.717) is 12.8 Å². The molecule has 1 saturated carbocycles. The van der Waals surface area contributed by atoms with Gasteiger partial charge < -0.3 is 10.6 Å². The lowest BCUT2D eigenvalue weighted by Gasteiger charge is -2.30. The minimum Gasteiger partial charge on any atom is -0.352 e. The first-order valence-corrected chi connectivity index (χ1v) is 7.92. The van der Waals surface area contributed by atoms with E-state index in [1.54, 1.807) is 0 Å². The molecular weight excluding hydrogens is 270 g/mol. The van der Waals surface area contributed by atoms with Crippen LogP contribution in [0.5, 0.6) is 0 Å². The molecule has 4 amide bonds. The Hall–Kier alpha value is -1.59. The standard InChI is InChI=1S/C15H25N3O3/c1-3-7-11(2)16-12(19)10-18-13(20)15(17-14(18)21)8-5-4-6-9-15/h11H,3-10H2,1-2H3,(H,16,19)(H,17,21). The summed E-state index contributed by atoms with van der Waals surface area (Å²) in [5, 5.41) is 5.64. The summed E-state index contributed by atoms with van der Waals surface area (Å²) in [6.45, 7) is 3.79. The van der Waals surface area contributed by atoms with E-state index in [4.69, 9.17) is 0 Å². The van der Waals surface area contributed by atoms with Crippen LogP contribution in [0.25, 0.3) is 0 Å². The summed E-state index contributed by atoms with van der Waals surface area (Å²) in [4.78, 5) is 37.6. The van der Waals surface area contributed by atoms with Gasteiger partial charge in [0, 0.05) is 6.04 Å². The van der Waals surface area contributed by atoms with Crippen LogP contribution in [0.4, 0.5) is 4.79 Å². The van der Waals surface area contributed by atoms with Gasteiger partial charge in [-0.05, 0) is 26.2 Å². The SMILES string of the molecule is CCCC(C)NC(=O)CN1C(=O)NC2(CCCCC2)C1=O. The monoisotopic (exact) mass is 295 g/mol. The summed E-state index contributed by atoms with van der Waals surface area (Å²) in [7, 11) is 0. The maximum atomic E-state index is 12.5. The number of nitrogens with one attached hydrogen (secondary N) is 2. The molecule has 118 valence electrons. The molecule has 1 heterocycles. The van der Waals surface area contributed by atoms with E-state index in [-0.39, 0.29) is 24.4 Å². The summed E-state index contributed by atoms with van der Waals surface area (Å²) in [5.74, 6) is -0.502. The summed E-state index contributed by atoms with van der Waals surface area (Å²) in [6, 6.07) is -0.368. The second-order valence-electron chi connectivity index (χ2n) is 6.22. The number of carbonyl (C=O) groups excluding carboxylic acids is 3. The number of imide groups is 1. The van der Waals surface area contributed by atoms with Gasteiger partial charge in [0.15, 0.2) is 0 Å². The molecule has 1 saturated heterocycles. The number of urea groups is 1. The predicted octanol–water partition coefficient (Wildman–Crippen LogP) is 1.55. The zero-order valence-corrected chi connectivity index (χ0v) is 12.9. The van der Waals surface area contributed by atoms with Gasteiger partial charge >= 0.3 is 6.03 Å². The second kappa shape index (κ2) is 6.45. The van der Waals surface area contributed by atoms with Crippen molar-refractivity contribution in [3.63, 3.8) is 0 Å². The number of carbonyl (C=O) groups is 3. The minimum absolute atomic E-state index is 0.0620. The average molecular weight is 295 g/mol. The quantitative estimate of drug-likeness (QED) is 0.755. The lowest BCUT2D eigenvalue weighted by Crippen LogP contribution is -2.49. The van der Waals surface area contributed by atoms with Crippen molar-refractivity contribution in [3.05, 3.63) is 0 Å². The molecule has 2 N–H and O–H groups in total. The zero-order chi connectivity index (χ0) is 15.5. The molecular formula is C15H25N3O3. The van der Waals surface area contributed by atoms with Gasteiger partial charge in [-0.3, -0.25) is 14.5 Å². The molecule has 2 rings (SSSR count). The highest BCUT2D eigenvalue weighted by Crippen LogP contribution is 2.33. The number of hydrogen-bond acceptors (Lipinski definition) is 3. The molecule has 2 aliphatic rings. The maximum Gasteiger partial charge on any atom is 0.325 e. The van der Waals surface area contributed by atoms with E-state index in [2.05, 4.69) is 10.6 Å². The van der Waals surface area contributed by atoms with Crippen LogP contribution >= 0.6 is 0 Å². The molecule has 6 heteroatoms. The number of amides is 4. The number of hydrogen-bond donors (Lipinski definition) is 2. The van der Waals surface area contributed by atoms with Gasteiger partial charge in [0.25, 0.3) is 5.91 Å². The van der Waals surface area contributed by atoms with Crippen molar-refractivity contribution in [2.75, 3.05) is 6.54 Å². The van der Waals surface area contributed by atoms with E-state index in [0.717, 1.165) is 37.0 Å². The lowest BCUT2D eigenvalue weighted by molar-refractivity contribution is -0.136. The molecule has 6 nitrogen and oxygen atoms in total. The van der Waals surface area contributed by atoms with Gasteiger partial charge in [0.05, 0.1) is 0 Å². The zero-order valence-electron chi connectivity index (χ0n) is 12.9. The highest BCUT2D eigenvalue weighted by atomic mass is 16.2. The average Bonchev–Trinajstić information content (AvgIpc) is 2.64. The maximum absolute atomic E-state index is 12.5. The van der Waals surface area contributed by atoms with Crippen molar-refractivity contribution >= 4 is 17.8 Å². The van der Waals surface area contributed by atoms with Gasteiger partial charge in [-0.25, -0.2) is 4.79 Å². The Balaban J connectivity index is 1.95. The highest BCUT2D eigenvalue weighted by Gasteiger charge is 2.51. The Morgan fingerprint density at radius 3 is 2.62 bits per heavy atom. The minimum atomic E-state index is -0.745. The van der Waals surface area contributed by atoms with Gasteiger partial charge in [-0.15, -0.1) is 0 Å². The Morgan fingerprint density at radius 2 is 2.00 bits per heavy atom. The molecule has 21 heavy (non-hydrogen) atoms. The highest BCUT2D eigenvalue weighted by molar-refractivity contribution is 6.09. The summed E-state index contributed by atoms with van der Waals surface area (Å²) >= 11 is 0. The fourth-order valence-electron chi connectivity index (χ4n) is 3.28. The van der Waals surface area contributed by atoms with Crippen molar-refractivity contribution in [3.8, 4) is 0 Å². The Labute approximate surface area is 125 Å². The fraction of sp³-hybridized carbons (Fsp3) is 0.800. The summed E-state index contributed by atoms with van der Waals surface area (Å²) in [6.07, 6.45) is 6.21. The van der Waals surface area contributed by atoms with Crippen LogP contribution in [0.2, 0.25) is 0 Å². The van der Waals surface area contributed by atoms with Crippen LogP contribution in [0.1, 0.15) is 58.8 Å². The Bertz CT molecular complexity index is 430. The largest absolute Gasteiger partial charge is 0.352 e. The van der Waals surface area contributed by atoms with Gasteiger partial charge in [-0.1, -0.05) is 32.6 Å². The van der Waals surface area contributed by atoms with Gasteiger partial charge in [0.1, 0.15) is 12.1 Å². The van der Waals surface area contributed by atoms with E-state index in [1.807, 2.05) is 13.8 Å².